The molecular weight excluding hydrogens is 286 g/mol. The average Bonchev–Trinajstić information content (AvgIpc) is 2.27. The summed E-state index contributed by atoms with van der Waals surface area (Å²) in [5.41, 5.74) is 4.88. The number of carbonyl (C=O) groups is 1. The van der Waals surface area contributed by atoms with Gasteiger partial charge in [0.05, 0.1) is 12.7 Å². The van der Waals surface area contributed by atoms with Crippen LogP contribution in [0.2, 0.25) is 0 Å². The van der Waals surface area contributed by atoms with E-state index in [4.69, 9.17) is 5.73 Å². The molecular formula is C9H9BrF2N2O2. The Hall–Kier alpha value is -1.08. The predicted molar refractivity (Wildman–Crippen MR) is 56.1 cm³/mol. The van der Waals surface area contributed by atoms with Crippen LogP contribution in [0.3, 0.4) is 0 Å². The number of ether oxygens (including phenoxy) is 1. The molecule has 0 saturated heterocycles. The molecule has 0 spiro atoms. The first-order chi connectivity index (χ1) is 7.51. The van der Waals surface area contributed by atoms with Gasteiger partial charge in [0.1, 0.15) is 4.60 Å². The molecule has 1 rings (SSSR count). The number of alkyl halides is 2. The maximum absolute atomic E-state index is 12.7. The quantitative estimate of drug-likeness (QED) is 0.684. The van der Waals surface area contributed by atoms with E-state index in [-0.39, 0.29) is 11.1 Å². The van der Waals surface area contributed by atoms with E-state index in [9.17, 15) is 13.6 Å². The maximum atomic E-state index is 12.7. The van der Waals surface area contributed by atoms with Gasteiger partial charge < -0.3 is 10.5 Å². The number of rotatable bonds is 3. The lowest BCUT2D eigenvalue weighted by atomic mass is 10.1. The lowest BCUT2D eigenvalue weighted by Gasteiger charge is -2.09. The normalized spacial score (nSPS) is 10.6. The van der Waals surface area contributed by atoms with Crippen LogP contribution in [0.25, 0.3) is 0 Å². The highest BCUT2D eigenvalue weighted by Crippen LogP contribution is 2.26. The Labute approximate surface area is 98.9 Å². The molecule has 2 N–H and O–H groups in total. The van der Waals surface area contributed by atoms with Crippen molar-refractivity contribution in [3.8, 4) is 0 Å². The Morgan fingerprint density at radius 1 is 1.69 bits per heavy atom. The zero-order valence-corrected chi connectivity index (χ0v) is 9.92. The number of nitrogens with zero attached hydrogens (tertiary/aromatic N) is 1. The number of hydrogen-bond acceptors (Lipinski definition) is 4. The average molecular weight is 295 g/mol. The summed E-state index contributed by atoms with van der Waals surface area (Å²) in [6.07, 6.45) is -2.81. The van der Waals surface area contributed by atoms with E-state index in [0.29, 0.717) is 5.56 Å². The number of carbonyl (C=O) groups excluding carboxylic acids is 1. The van der Waals surface area contributed by atoms with Gasteiger partial charge >= 0.3 is 5.97 Å². The largest absolute Gasteiger partial charge is 0.464 e. The molecule has 16 heavy (non-hydrogen) atoms. The van der Waals surface area contributed by atoms with E-state index in [1.165, 1.54) is 0 Å². The van der Waals surface area contributed by atoms with Gasteiger partial charge in [-0.3, -0.25) is 0 Å². The second kappa shape index (κ2) is 5.31. The van der Waals surface area contributed by atoms with Crippen molar-refractivity contribution >= 4 is 21.9 Å². The highest BCUT2D eigenvalue weighted by Gasteiger charge is 2.22. The molecule has 4 nitrogen and oxygen atoms in total. The summed E-state index contributed by atoms with van der Waals surface area (Å²) in [7, 11) is 1.10. The Morgan fingerprint density at radius 2 is 2.31 bits per heavy atom. The van der Waals surface area contributed by atoms with E-state index in [1.807, 2.05) is 0 Å². The summed E-state index contributed by atoms with van der Waals surface area (Å²) in [5.74, 6) is -0.903. The van der Waals surface area contributed by atoms with Crippen molar-refractivity contribution in [1.29, 1.82) is 0 Å². The number of nitrogens with two attached hydrogens (primary N) is 1. The van der Waals surface area contributed by atoms with E-state index in [1.54, 1.807) is 0 Å². The fourth-order valence-electron chi connectivity index (χ4n) is 1.12. The van der Waals surface area contributed by atoms with Gasteiger partial charge in [0, 0.05) is 6.54 Å². The van der Waals surface area contributed by atoms with Crippen LogP contribution in [0.15, 0.2) is 10.7 Å². The minimum absolute atomic E-state index is 0.0504. The van der Waals surface area contributed by atoms with Gasteiger partial charge in [-0.05, 0) is 27.6 Å². The zero-order chi connectivity index (χ0) is 12.3. The van der Waals surface area contributed by atoms with Crippen molar-refractivity contribution in [3.05, 3.63) is 27.5 Å². The Balaban J connectivity index is 3.36. The standard InChI is InChI=1S/C9H9BrF2N2O2/c1-16-9(15)6-5(8(11)12)2-4(3-13)7(10)14-6/h2,8H,3,13H2,1H3. The molecule has 1 heterocycles. The third kappa shape index (κ3) is 2.53. The number of hydrogen-bond donors (Lipinski definition) is 1. The Bertz CT molecular complexity index is 413. The second-order valence-electron chi connectivity index (χ2n) is 2.87. The molecule has 0 aliphatic heterocycles. The molecule has 0 fully saturated rings. The van der Waals surface area contributed by atoms with Gasteiger partial charge in [-0.25, -0.2) is 18.6 Å². The number of aromatic nitrogens is 1. The third-order valence-corrected chi connectivity index (χ3v) is 2.60. The molecule has 1 aromatic rings. The molecule has 0 bridgehead atoms. The molecule has 0 aliphatic carbocycles. The van der Waals surface area contributed by atoms with Crippen molar-refractivity contribution in [2.45, 2.75) is 13.0 Å². The van der Waals surface area contributed by atoms with E-state index >= 15 is 0 Å². The van der Waals surface area contributed by atoms with Crippen LogP contribution in [0.5, 0.6) is 0 Å². The molecule has 1 aromatic heterocycles. The van der Waals surface area contributed by atoms with Crippen molar-refractivity contribution in [2.75, 3.05) is 7.11 Å². The molecule has 0 unspecified atom stereocenters. The minimum Gasteiger partial charge on any atom is -0.464 e. The summed E-state index contributed by atoms with van der Waals surface area (Å²) >= 11 is 3.04. The lowest BCUT2D eigenvalue weighted by molar-refractivity contribution is 0.0581. The number of esters is 1. The summed E-state index contributed by atoms with van der Waals surface area (Å²) in [5, 5.41) is 0. The lowest BCUT2D eigenvalue weighted by Crippen LogP contribution is -2.12. The van der Waals surface area contributed by atoms with Crippen molar-refractivity contribution < 1.29 is 18.3 Å². The molecule has 0 saturated carbocycles. The minimum atomic E-state index is -2.81. The van der Waals surface area contributed by atoms with Crippen LogP contribution in [-0.2, 0) is 11.3 Å². The van der Waals surface area contributed by atoms with Gasteiger partial charge in [0.2, 0.25) is 0 Å². The molecule has 0 amide bonds. The smallest absolute Gasteiger partial charge is 0.357 e. The fourth-order valence-corrected chi connectivity index (χ4v) is 1.57. The van der Waals surface area contributed by atoms with Crippen LogP contribution in [0, 0.1) is 0 Å². The summed E-state index contributed by atoms with van der Waals surface area (Å²) < 4.78 is 30.0. The first-order valence-corrected chi connectivity index (χ1v) is 5.06. The van der Waals surface area contributed by atoms with Crippen molar-refractivity contribution in [1.82, 2.24) is 4.98 Å². The first kappa shape index (κ1) is 13.0. The van der Waals surface area contributed by atoms with Crippen LogP contribution >= 0.6 is 15.9 Å². The maximum Gasteiger partial charge on any atom is 0.357 e. The number of halogens is 3. The summed E-state index contributed by atoms with van der Waals surface area (Å²) in [6.45, 7) is 0.0504. The highest BCUT2D eigenvalue weighted by atomic mass is 79.9. The zero-order valence-electron chi connectivity index (χ0n) is 8.34. The van der Waals surface area contributed by atoms with Gasteiger partial charge in [0.25, 0.3) is 6.43 Å². The third-order valence-electron chi connectivity index (χ3n) is 1.91. The molecule has 0 aromatic carbocycles. The monoisotopic (exact) mass is 294 g/mol. The van der Waals surface area contributed by atoms with E-state index in [2.05, 4.69) is 25.7 Å². The van der Waals surface area contributed by atoms with Gasteiger partial charge in [-0.15, -0.1) is 0 Å². The van der Waals surface area contributed by atoms with Crippen LogP contribution in [0.1, 0.15) is 28.0 Å². The topological polar surface area (TPSA) is 65.2 Å². The van der Waals surface area contributed by atoms with Gasteiger partial charge in [0.15, 0.2) is 5.69 Å². The number of pyridine rings is 1. The fraction of sp³-hybridized carbons (Fsp3) is 0.333. The van der Waals surface area contributed by atoms with Gasteiger partial charge in [-0.1, -0.05) is 0 Å². The summed E-state index contributed by atoms with van der Waals surface area (Å²) in [6, 6.07) is 1.15. The van der Waals surface area contributed by atoms with E-state index in [0.717, 1.165) is 13.2 Å². The van der Waals surface area contributed by atoms with Crippen LogP contribution in [0.4, 0.5) is 8.78 Å². The SMILES string of the molecule is COC(=O)c1nc(Br)c(CN)cc1C(F)F. The molecule has 88 valence electrons. The first-order valence-electron chi connectivity index (χ1n) is 4.27. The molecule has 7 heteroatoms. The molecule has 0 atom stereocenters. The van der Waals surface area contributed by atoms with Gasteiger partial charge in [-0.2, -0.15) is 0 Å². The van der Waals surface area contributed by atoms with Crippen LogP contribution < -0.4 is 5.73 Å². The van der Waals surface area contributed by atoms with Crippen LogP contribution in [-0.4, -0.2) is 18.1 Å². The van der Waals surface area contributed by atoms with Crippen molar-refractivity contribution in [3.63, 3.8) is 0 Å². The number of methoxy groups -OCH3 is 1. The molecule has 0 radical (unpaired) electrons. The van der Waals surface area contributed by atoms with E-state index < -0.39 is 23.7 Å². The Morgan fingerprint density at radius 3 is 2.75 bits per heavy atom. The van der Waals surface area contributed by atoms with Crippen molar-refractivity contribution in [2.24, 2.45) is 5.73 Å². The summed E-state index contributed by atoms with van der Waals surface area (Å²) in [4.78, 5) is 14.9. The Kier molecular flexibility index (Phi) is 4.31. The highest BCUT2D eigenvalue weighted by molar-refractivity contribution is 9.10. The predicted octanol–water partition coefficient (Wildman–Crippen LogP) is 2.03. The molecule has 0 aliphatic rings. The second-order valence-corrected chi connectivity index (χ2v) is 3.62.